The summed E-state index contributed by atoms with van der Waals surface area (Å²) in [4.78, 5) is 7.14. The molecule has 1 saturated carbocycles. The molecule has 4 heterocycles. The maximum absolute atomic E-state index is 2.82. The van der Waals surface area contributed by atoms with E-state index in [-0.39, 0.29) is 28.5 Å². The largest absolute Gasteiger partial charge is 0.334 e. The molecule has 0 N–H and O–H groups in total. The summed E-state index contributed by atoms with van der Waals surface area (Å²) in [5.41, 5.74) is 26.2. The van der Waals surface area contributed by atoms with Crippen LogP contribution in [-0.4, -0.2) is 12.3 Å². The van der Waals surface area contributed by atoms with Crippen LogP contribution in [0.3, 0.4) is 0 Å². The smallest absolute Gasteiger partial charge is 0.247 e. The molecule has 2 nitrogen and oxygen atoms in total. The third kappa shape index (κ3) is 5.96. The highest BCUT2D eigenvalue weighted by atomic mass is 32.2. The van der Waals surface area contributed by atoms with Crippen molar-refractivity contribution in [1.29, 1.82) is 0 Å². The number of rotatable bonds is 3. The molecular weight excluding hydrogens is 828 g/mol. The first-order chi connectivity index (χ1) is 32.1. The van der Waals surface area contributed by atoms with Crippen molar-refractivity contribution in [2.75, 3.05) is 9.80 Å². The Labute approximate surface area is 405 Å². The SMILES string of the molecule is Cc1cc2c3c(c1)N(c1ccc(C(C)(C)C)cc1C1=CCCC=C1)c1cc(N4c5ccc(C(C)(C)C)cc5C5(C)CCCCC45C)ccc1B3c1cccc3c1C(C2)C1C2=CCCC=C2SC31. The number of aryl methyl sites for hydroxylation is 1. The van der Waals surface area contributed by atoms with Gasteiger partial charge in [-0.15, -0.1) is 11.8 Å². The first kappa shape index (κ1) is 42.2. The first-order valence-corrected chi connectivity index (χ1v) is 26.8. The highest BCUT2D eigenvalue weighted by Crippen LogP contribution is 2.66. The van der Waals surface area contributed by atoms with Crippen LogP contribution in [0.2, 0.25) is 0 Å². The Hall–Kier alpha value is -4.93. The van der Waals surface area contributed by atoms with E-state index >= 15 is 0 Å². The third-order valence-corrected chi connectivity index (χ3v) is 19.7. The van der Waals surface area contributed by atoms with Crippen molar-refractivity contribution in [2.24, 2.45) is 5.92 Å². The molecule has 5 unspecified atom stereocenters. The molecule has 67 heavy (non-hydrogen) atoms. The first-order valence-electron chi connectivity index (χ1n) is 25.9. The Kier molecular flexibility index (Phi) is 9.17. The highest BCUT2D eigenvalue weighted by molar-refractivity contribution is 8.04. The fraction of sp³-hybridized carbons (Fsp3) is 0.397. The molecule has 2 fully saturated rings. The van der Waals surface area contributed by atoms with E-state index in [0.29, 0.717) is 17.1 Å². The van der Waals surface area contributed by atoms with Crippen molar-refractivity contribution in [1.82, 2.24) is 0 Å². The van der Waals surface area contributed by atoms with Gasteiger partial charge in [0.15, 0.2) is 0 Å². The number of thioether (sulfide) groups is 1. The van der Waals surface area contributed by atoms with Crippen molar-refractivity contribution >= 4 is 68.9 Å². The van der Waals surface area contributed by atoms with Gasteiger partial charge in [-0.2, -0.15) is 0 Å². The zero-order valence-electron chi connectivity index (χ0n) is 41.4. The van der Waals surface area contributed by atoms with Crippen LogP contribution in [0.15, 0.2) is 126 Å². The fourth-order valence-corrected chi connectivity index (χ4v) is 16.3. The summed E-state index contributed by atoms with van der Waals surface area (Å²) in [6, 6.07) is 35.4. The molecule has 4 aliphatic carbocycles. The van der Waals surface area contributed by atoms with Gasteiger partial charge in [0.05, 0.1) is 11.2 Å². The second-order valence-corrected chi connectivity index (χ2v) is 25.3. The highest BCUT2D eigenvalue weighted by Gasteiger charge is 2.58. The van der Waals surface area contributed by atoms with E-state index in [9.17, 15) is 0 Å². The average Bonchev–Trinajstić information content (AvgIpc) is 3.86. The predicted molar refractivity (Wildman–Crippen MR) is 289 cm³/mol. The van der Waals surface area contributed by atoms with E-state index in [2.05, 4.69) is 199 Å². The normalized spacial score (nSPS) is 26.4. The van der Waals surface area contributed by atoms with Crippen molar-refractivity contribution < 1.29 is 0 Å². The second kappa shape index (κ2) is 14.6. The van der Waals surface area contributed by atoms with E-state index in [1.165, 1.54) is 106 Å². The van der Waals surface area contributed by atoms with Crippen LogP contribution in [0.1, 0.15) is 162 Å². The number of benzene rings is 5. The quantitative estimate of drug-likeness (QED) is 0.163. The molecule has 5 aromatic carbocycles. The molecule has 0 bridgehead atoms. The summed E-state index contributed by atoms with van der Waals surface area (Å²) in [6.45, 7) is 21.9. The molecule has 5 aromatic rings. The summed E-state index contributed by atoms with van der Waals surface area (Å²) < 4.78 is 0. The van der Waals surface area contributed by atoms with Crippen LogP contribution in [0.5, 0.6) is 0 Å². The van der Waals surface area contributed by atoms with Gasteiger partial charge in [0.25, 0.3) is 0 Å². The molecule has 0 radical (unpaired) electrons. The molecule has 0 spiro atoms. The summed E-state index contributed by atoms with van der Waals surface area (Å²) in [6.07, 6.45) is 23.0. The molecule has 5 atom stereocenters. The predicted octanol–water partition coefficient (Wildman–Crippen LogP) is 15.0. The summed E-state index contributed by atoms with van der Waals surface area (Å²) in [5, 5.41) is 0.503. The molecule has 338 valence electrons. The van der Waals surface area contributed by atoms with Gasteiger partial charge in [-0.25, -0.2) is 0 Å². The van der Waals surface area contributed by atoms with Crippen LogP contribution in [0.4, 0.5) is 28.4 Å². The van der Waals surface area contributed by atoms with Crippen LogP contribution < -0.4 is 26.2 Å². The van der Waals surface area contributed by atoms with Crippen molar-refractivity contribution in [3.8, 4) is 0 Å². The summed E-state index contributed by atoms with van der Waals surface area (Å²) in [7, 11) is 0. The van der Waals surface area contributed by atoms with Gasteiger partial charge in [0.2, 0.25) is 6.71 Å². The van der Waals surface area contributed by atoms with Gasteiger partial charge in [0, 0.05) is 49.8 Å². The number of anilines is 5. The van der Waals surface area contributed by atoms with Crippen LogP contribution in [0, 0.1) is 12.8 Å². The number of hydrogen-bond donors (Lipinski definition) is 0. The number of nitrogens with zero attached hydrogens (tertiary/aromatic N) is 2. The molecular formula is C63H67BN2S. The minimum absolute atomic E-state index is 0.0200. The topological polar surface area (TPSA) is 6.48 Å². The van der Waals surface area contributed by atoms with Crippen molar-refractivity contribution in [2.45, 2.75) is 153 Å². The molecule has 0 aromatic heterocycles. The number of allylic oxidation sites excluding steroid dienone is 7. The zero-order chi connectivity index (χ0) is 45.9. The number of fused-ring (bicyclic) bond motifs is 11. The number of hydrogen-bond acceptors (Lipinski definition) is 3. The fourth-order valence-electron chi connectivity index (χ4n) is 14.7. The maximum atomic E-state index is 2.82. The Bertz CT molecular complexity index is 3090. The van der Waals surface area contributed by atoms with Gasteiger partial charge < -0.3 is 9.80 Å². The third-order valence-electron chi connectivity index (χ3n) is 18.2. The van der Waals surface area contributed by atoms with E-state index < -0.39 is 0 Å². The second-order valence-electron chi connectivity index (χ2n) is 24.2. The lowest BCUT2D eigenvalue weighted by atomic mass is 9.34. The summed E-state index contributed by atoms with van der Waals surface area (Å²) in [5.74, 6) is 0.997. The monoisotopic (exact) mass is 895 g/mol. The van der Waals surface area contributed by atoms with Crippen LogP contribution >= 0.6 is 11.8 Å². The van der Waals surface area contributed by atoms with Crippen LogP contribution in [0.25, 0.3) is 5.57 Å². The molecule has 4 aliphatic heterocycles. The lowest BCUT2D eigenvalue weighted by molar-refractivity contribution is 0.195. The van der Waals surface area contributed by atoms with Crippen molar-refractivity contribution in [3.05, 3.63) is 170 Å². The molecule has 1 saturated heterocycles. The minimum Gasteiger partial charge on any atom is -0.334 e. The van der Waals surface area contributed by atoms with E-state index in [1.807, 2.05) is 0 Å². The molecule has 4 heteroatoms. The Morgan fingerprint density at radius 1 is 0.701 bits per heavy atom. The van der Waals surface area contributed by atoms with Gasteiger partial charge in [-0.05, 0) is 173 Å². The maximum Gasteiger partial charge on any atom is 0.247 e. The Morgan fingerprint density at radius 3 is 2.25 bits per heavy atom. The van der Waals surface area contributed by atoms with Gasteiger partial charge in [-0.3, -0.25) is 0 Å². The zero-order valence-corrected chi connectivity index (χ0v) is 42.3. The van der Waals surface area contributed by atoms with Gasteiger partial charge in [0.1, 0.15) is 0 Å². The van der Waals surface area contributed by atoms with Crippen LogP contribution in [-0.2, 0) is 22.7 Å². The Balaban J connectivity index is 1.09. The lowest BCUT2D eigenvalue weighted by Crippen LogP contribution is -2.59. The Morgan fingerprint density at radius 2 is 1.46 bits per heavy atom. The lowest BCUT2D eigenvalue weighted by Gasteiger charge is -2.50. The van der Waals surface area contributed by atoms with E-state index in [4.69, 9.17) is 0 Å². The average molecular weight is 895 g/mol. The molecule has 8 aliphatic rings. The van der Waals surface area contributed by atoms with Gasteiger partial charge >= 0.3 is 0 Å². The minimum atomic E-state index is -0.0525. The molecule has 0 amide bonds. The van der Waals surface area contributed by atoms with E-state index in [0.717, 1.165) is 19.3 Å². The van der Waals surface area contributed by atoms with E-state index in [1.54, 1.807) is 38.2 Å². The van der Waals surface area contributed by atoms with Crippen molar-refractivity contribution in [3.63, 3.8) is 0 Å². The summed E-state index contributed by atoms with van der Waals surface area (Å²) >= 11 is 2.17. The molecule has 13 rings (SSSR count). The standard InChI is InChI=1S/C63H67BN2S/c1-38-32-40-34-47-56-45(59-57(47)44-20-13-14-23-55(44)67-59)21-17-22-50(56)64-49-27-26-43(66-52-29-25-42(61(5,6)7)36-48(52)62(8)30-15-16-31-63(62,66)9)37-53(49)65(54(33-38)58(40)64)51-28-24-41(60(2,3)4)35-46(51)39-18-11-10-12-19-39/h11,17-29,32-33,35-37,47,57,59H,10,12-16,30-31,34H2,1-9H3. The van der Waals surface area contributed by atoms with Gasteiger partial charge in [-0.1, -0.05) is 146 Å².